The minimum absolute atomic E-state index is 0.168. The SMILES string of the molecule is Cc1ccc(NC(=O)c2ccnc(Cl)c2)cc1-n1cnc2ccccc2c1=O. The van der Waals surface area contributed by atoms with Gasteiger partial charge in [0.15, 0.2) is 0 Å². The molecule has 28 heavy (non-hydrogen) atoms. The number of hydrogen-bond acceptors (Lipinski definition) is 4. The number of aryl methyl sites for hydroxylation is 1. The summed E-state index contributed by atoms with van der Waals surface area (Å²) in [6.07, 6.45) is 2.97. The van der Waals surface area contributed by atoms with Crippen molar-refractivity contribution in [1.82, 2.24) is 14.5 Å². The Bertz CT molecular complexity index is 1270. The highest BCUT2D eigenvalue weighted by molar-refractivity contribution is 6.29. The molecule has 2 heterocycles. The lowest BCUT2D eigenvalue weighted by atomic mass is 10.1. The fraction of sp³-hybridized carbons (Fsp3) is 0.0476. The largest absolute Gasteiger partial charge is 0.322 e. The molecular formula is C21H15ClN4O2. The van der Waals surface area contributed by atoms with Gasteiger partial charge >= 0.3 is 0 Å². The van der Waals surface area contributed by atoms with Gasteiger partial charge in [-0.1, -0.05) is 29.8 Å². The van der Waals surface area contributed by atoms with Crippen LogP contribution in [0.1, 0.15) is 15.9 Å². The molecule has 0 atom stereocenters. The van der Waals surface area contributed by atoms with E-state index in [4.69, 9.17) is 11.6 Å². The van der Waals surface area contributed by atoms with E-state index in [1.54, 1.807) is 36.4 Å². The first-order valence-electron chi connectivity index (χ1n) is 8.53. The lowest BCUT2D eigenvalue weighted by molar-refractivity contribution is 0.102. The second-order valence-electron chi connectivity index (χ2n) is 6.26. The molecule has 0 radical (unpaired) electrons. The maximum absolute atomic E-state index is 12.9. The average molecular weight is 391 g/mol. The third-order valence-corrected chi connectivity index (χ3v) is 4.59. The number of rotatable bonds is 3. The van der Waals surface area contributed by atoms with E-state index in [9.17, 15) is 9.59 Å². The number of nitrogens with one attached hydrogen (secondary N) is 1. The molecule has 2 aromatic carbocycles. The van der Waals surface area contributed by atoms with Gasteiger partial charge in [-0.05, 0) is 48.9 Å². The van der Waals surface area contributed by atoms with Gasteiger partial charge < -0.3 is 5.32 Å². The molecule has 4 rings (SSSR count). The van der Waals surface area contributed by atoms with Crippen LogP contribution in [0.2, 0.25) is 5.15 Å². The summed E-state index contributed by atoms with van der Waals surface area (Å²) in [5, 5.41) is 3.59. The highest BCUT2D eigenvalue weighted by Gasteiger charge is 2.11. The number of benzene rings is 2. The number of carbonyl (C=O) groups excluding carboxylic acids is 1. The molecule has 6 nitrogen and oxygen atoms in total. The van der Waals surface area contributed by atoms with Crippen LogP contribution in [0.3, 0.4) is 0 Å². The first-order chi connectivity index (χ1) is 13.5. The topological polar surface area (TPSA) is 76.9 Å². The molecule has 0 aliphatic carbocycles. The smallest absolute Gasteiger partial charge is 0.265 e. The maximum atomic E-state index is 12.9. The van der Waals surface area contributed by atoms with Crippen molar-refractivity contribution in [2.24, 2.45) is 0 Å². The third-order valence-electron chi connectivity index (χ3n) is 4.38. The highest BCUT2D eigenvalue weighted by Crippen LogP contribution is 2.20. The Kier molecular flexibility index (Phi) is 4.63. The van der Waals surface area contributed by atoms with E-state index < -0.39 is 0 Å². The first kappa shape index (κ1) is 17.9. The summed E-state index contributed by atoms with van der Waals surface area (Å²) in [5.41, 5.74) is 2.95. The molecule has 0 bridgehead atoms. The number of aromatic nitrogens is 3. The van der Waals surface area contributed by atoms with Gasteiger partial charge in [0.25, 0.3) is 11.5 Å². The first-order valence-corrected chi connectivity index (χ1v) is 8.91. The summed E-state index contributed by atoms with van der Waals surface area (Å²) < 4.78 is 1.48. The summed E-state index contributed by atoms with van der Waals surface area (Å²) >= 11 is 5.85. The number of fused-ring (bicyclic) bond motifs is 1. The van der Waals surface area contributed by atoms with Crippen LogP contribution in [0.15, 0.2) is 71.9 Å². The fourth-order valence-electron chi connectivity index (χ4n) is 2.93. The van der Waals surface area contributed by atoms with Crippen LogP contribution in [-0.4, -0.2) is 20.4 Å². The van der Waals surface area contributed by atoms with Crippen molar-refractivity contribution >= 4 is 34.1 Å². The zero-order valence-electron chi connectivity index (χ0n) is 14.9. The number of pyridine rings is 1. The summed E-state index contributed by atoms with van der Waals surface area (Å²) in [6.45, 7) is 1.89. The van der Waals surface area contributed by atoms with Crippen LogP contribution in [0, 0.1) is 6.92 Å². The normalized spacial score (nSPS) is 10.8. The summed E-state index contributed by atoms with van der Waals surface area (Å²) in [4.78, 5) is 33.6. The second kappa shape index (κ2) is 7.25. The molecule has 1 N–H and O–H groups in total. The van der Waals surface area contributed by atoms with E-state index in [-0.39, 0.29) is 16.6 Å². The predicted octanol–water partition coefficient (Wildman–Crippen LogP) is 3.99. The maximum Gasteiger partial charge on any atom is 0.265 e. The molecule has 0 spiro atoms. The standard InChI is InChI=1S/C21H15ClN4O2/c1-13-6-7-15(25-20(27)14-8-9-23-19(22)10-14)11-18(13)26-12-24-17-5-3-2-4-16(17)21(26)28/h2-12H,1H3,(H,25,27). The zero-order valence-corrected chi connectivity index (χ0v) is 15.6. The second-order valence-corrected chi connectivity index (χ2v) is 6.65. The van der Waals surface area contributed by atoms with Gasteiger partial charge in [0.1, 0.15) is 11.5 Å². The molecule has 1 amide bonds. The van der Waals surface area contributed by atoms with Crippen molar-refractivity contribution in [3.8, 4) is 5.69 Å². The number of para-hydroxylation sites is 1. The molecule has 0 saturated carbocycles. The van der Waals surface area contributed by atoms with Crippen molar-refractivity contribution in [1.29, 1.82) is 0 Å². The van der Waals surface area contributed by atoms with E-state index >= 15 is 0 Å². The zero-order chi connectivity index (χ0) is 19.7. The monoisotopic (exact) mass is 390 g/mol. The van der Waals surface area contributed by atoms with Crippen LogP contribution >= 0.6 is 11.6 Å². The molecule has 7 heteroatoms. The van der Waals surface area contributed by atoms with Crippen LogP contribution in [0.25, 0.3) is 16.6 Å². The van der Waals surface area contributed by atoms with Crippen LogP contribution in [-0.2, 0) is 0 Å². The Balaban J connectivity index is 1.73. The lowest BCUT2D eigenvalue weighted by Gasteiger charge is -2.12. The van der Waals surface area contributed by atoms with Gasteiger partial charge in [0.2, 0.25) is 0 Å². The van der Waals surface area contributed by atoms with Gasteiger partial charge in [-0.25, -0.2) is 9.97 Å². The van der Waals surface area contributed by atoms with Crippen molar-refractivity contribution in [3.63, 3.8) is 0 Å². The third kappa shape index (κ3) is 3.37. The minimum atomic E-state index is -0.317. The van der Waals surface area contributed by atoms with Gasteiger partial charge in [0, 0.05) is 17.4 Å². The molecule has 0 aliphatic heterocycles. The Morgan fingerprint density at radius 2 is 1.89 bits per heavy atom. The van der Waals surface area contributed by atoms with E-state index in [0.717, 1.165) is 5.56 Å². The van der Waals surface area contributed by atoms with Gasteiger partial charge in [-0.15, -0.1) is 0 Å². The Labute approximate surface area is 165 Å². The van der Waals surface area contributed by atoms with Crippen LogP contribution < -0.4 is 10.9 Å². The summed E-state index contributed by atoms with van der Waals surface area (Å²) in [7, 11) is 0. The van der Waals surface area contributed by atoms with Crippen LogP contribution in [0.4, 0.5) is 5.69 Å². The molecule has 0 fully saturated rings. The van der Waals surface area contributed by atoms with Gasteiger partial charge in [-0.2, -0.15) is 0 Å². The summed E-state index contributed by atoms with van der Waals surface area (Å²) in [5.74, 6) is -0.317. The number of hydrogen-bond donors (Lipinski definition) is 1. The van der Waals surface area contributed by atoms with E-state index in [2.05, 4.69) is 15.3 Å². The Morgan fingerprint density at radius 1 is 1.07 bits per heavy atom. The minimum Gasteiger partial charge on any atom is -0.322 e. The molecule has 4 aromatic rings. The van der Waals surface area contributed by atoms with Crippen LogP contribution in [0.5, 0.6) is 0 Å². The number of carbonyl (C=O) groups is 1. The van der Waals surface area contributed by atoms with E-state index in [1.165, 1.54) is 23.2 Å². The molecule has 0 aliphatic rings. The van der Waals surface area contributed by atoms with Crippen molar-refractivity contribution in [2.45, 2.75) is 6.92 Å². The summed E-state index contributed by atoms with van der Waals surface area (Å²) in [6, 6.07) is 15.6. The molecule has 2 aromatic heterocycles. The number of anilines is 1. The van der Waals surface area contributed by atoms with Gasteiger partial charge in [0.05, 0.1) is 16.6 Å². The van der Waals surface area contributed by atoms with Crippen molar-refractivity contribution in [2.75, 3.05) is 5.32 Å². The average Bonchev–Trinajstić information content (AvgIpc) is 2.70. The quantitative estimate of drug-likeness (QED) is 0.536. The van der Waals surface area contributed by atoms with E-state index in [1.807, 2.05) is 19.1 Å². The van der Waals surface area contributed by atoms with Crippen molar-refractivity contribution in [3.05, 3.63) is 93.8 Å². The van der Waals surface area contributed by atoms with Gasteiger partial charge in [-0.3, -0.25) is 14.2 Å². The Morgan fingerprint density at radius 3 is 2.71 bits per heavy atom. The number of nitrogens with zero attached hydrogens (tertiary/aromatic N) is 3. The number of halogens is 1. The molecule has 0 unspecified atom stereocenters. The molecule has 0 saturated heterocycles. The van der Waals surface area contributed by atoms with E-state index in [0.29, 0.717) is 27.8 Å². The molecule has 138 valence electrons. The lowest BCUT2D eigenvalue weighted by Crippen LogP contribution is -2.20. The molecular weight excluding hydrogens is 376 g/mol. The predicted molar refractivity (Wildman–Crippen MR) is 109 cm³/mol. The Hall–Kier alpha value is -3.51. The highest BCUT2D eigenvalue weighted by atomic mass is 35.5. The number of amides is 1. The van der Waals surface area contributed by atoms with Crippen molar-refractivity contribution < 1.29 is 4.79 Å². The fourth-order valence-corrected chi connectivity index (χ4v) is 3.11.